The number of ether oxygens (including phenoxy) is 2. The van der Waals surface area contributed by atoms with Gasteiger partial charge in [0.25, 0.3) is 5.91 Å². The number of carbonyl (C=O) groups is 1. The molecule has 5 nitrogen and oxygen atoms in total. The van der Waals surface area contributed by atoms with Crippen LogP contribution in [0, 0.1) is 0 Å². The Hall–Kier alpha value is -3.12. The topological polar surface area (TPSA) is 59.9 Å². The highest BCUT2D eigenvalue weighted by atomic mass is 79.9. The van der Waals surface area contributed by atoms with Gasteiger partial charge in [0, 0.05) is 15.6 Å². The molecule has 0 bridgehead atoms. The number of hydrogen-bond acceptors (Lipinski definition) is 4. The van der Waals surface area contributed by atoms with Crippen molar-refractivity contribution in [2.75, 3.05) is 13.2 Å². The van der Waals surface area contributed by atoms with E-state index in [1.54, 1.807) is 30.5 Å². The summed E-state index contributed by atoms with van der Waals surface area (Å²) < 4.78 is 12.6. The molecule has 0 aliphatic carbocycles. The molecule has 1 atom stereocenters. The molecule has 1 N–H and O–H groups in total. The van der Waals surface area contributed by atoms with Crippen LogP contribution in [0.15, 0.2) is 82.4 Å². The van der Waals surface area contributed by atoms with Crippen molar-refractivity contribution >= 4 is 28.1 Å². The maximum absolute atomic E-state index is 12.1. The van der Waals surface area contributed by atoms with Gasteiger partial charge < -0.3 is 9.47 Å². The summed E-state index contributed by atoms with van der Waals surface area (Å²) in [4.78, 5) is 12.1. The Balaban J connectivity index is 1.53. The third kappa shape index (κ3) is 6.95. The smallest absolute Gasteiger partial charge is 0.271 e. The van der Waals surface area contributed by atoms with Gasteiger partial charge in [-0.2, -0.15) is 5.10 Å². The van der Waals surface area contributed by atoms with E-state index in [4.69, 9.17) is 9.47 Å². The molecule has 0 heterocycles. The van der Waals surface area contributed by atoms with Gasteiger partial charge in [0.05, 0.1) is 6.21 Å². The average molecular weight is 495 g/mol. The zero-order chi connectivity index (χ0) is 22.8. The first kappa shape index (κ1) is 23.5. The Kier molecular flexibility index (Phi) is 8.87. The molecule has 6 heteroatoms. The van der Waals surface area contributed by atoms with Crippen molar-refractivity contribution in [3.05, 3.63) is 94.0 Å². The fraction of sp³-hybridized carbons (Fsp3) is 0.231. The van der Waals surface area contributed by atoms with Crippen LogP contribution in [-0.2, 0) is 0 Å². The summed E-state index contributed by atoms with van der Waals surface area (Å²) in [6.45, 7) is 5.20. The predicted octanol–water partition coefficient (Wildman–Crippen LogP) is 6.18. The van der Waals surface area contributed by atoms with Crippen molar-refractivity contribution in [3.63, 3.8) is 0 Å². The molecule has 3 rings (SSSR count). The number of benzene rings is 3. The second kappa shape index (κ2) is 12.1. The summed E-state index contributed by atoms with van der Waals surface area (Å²) in [6, 6.07) is 22.8. The highest BCUT2D eigenvalue weighted by Crippen LogP contribution is 2.23. The molecule has 0 aromatic heterocycles. The monoisotopic (exact) mass is 494 g/mol. The summed E-state index contributed by atoms with van der Waals surface area (Å²) >= 11 is 3.46. The molecular weight excluding hydrogens is 468 g/mol. The van der Waals surface area contributed by atoms with Crippen LogP contribution in [0.2, 0.25) is 0 Å². The molecule has 0 saturated heterocycles. The SMILES string of the molecule is CC[C@H](C)c1ccc(OCCOc2ccc(Br)cc2/C=N\NC(=O)c2ccccc2)cc1. The van der Waals surface area contributed by atoms with Gasteiger partial charge in [-0.05, 0) is 60.4 Å². The lowest BCUT2D eigenvalue weighted by Crippen LogP contribution is -2.17. The highest BCUT2D eigenvalue weighted by molar-refractivity contribution is 9.10. The second-order valence-corrected chi connectivity index (χ2v) is 8.24. The van der Waals surface area contributed by atoms with Crippen molar-refractivity contribution in [2.24, 2.45) is 5.10 Å². The lowest BCUT2D eigenvalue weighted by atomic mass is 9.99. The Bertz CT molecular complexity index is 1040. The van der Waals surface area contributed by atoms with Crippen LogP contribution in [0.4, 0.5) is 0 Å². The van der Waals surface area contributed by atoms with Crippen molar-refractivity contribution in [2.45, 2.75) is 26.2 Å². The number of hydrazone groups is 1. The van der Waals surface area contributed by atoms with Crippen molar-refractivity contribution in [1.82, 2.24) is 5.43 Å². The van der Waals surface area contributed by atoms with Crippen LogP contribution in [0.3, 0.4) is 0 Å². The van der Waals surface area contributed by atoms with Gasteiger partial charge in [-0.1, -0.05) is 60.1 Å². The van der Waals surface area contributed by atoms with E-state index in [2.05, 4.69) is 52.4 Å². The van der Waals surface area contributed by atoms with E-state index >= 15 is 0 Å². The highest BCUT2D eigenvalue weighted by Gasteiger charge is 2.06. The van der Waals surface area contributed by atoms with E-state index in [1.807, 2.05) is 36.4 Å². The van der Waals surface area contributed by atoms with Gasteiger partial charge in [0.2, 0.25) is 0 Å². The average Bonchev–Trinajstić information content (AvgIpc) is 2.83. The predicted molar refractivity (Wildman–Crippen MR) is 132 cm³/mol. The Morgan fingerprint density at radius 1 is 1.03 bits per heavy atom. The van der Waals surface area contributed by atoms with E-state index in [9.17, 15) is 4.79 Å². The maximum atomic E-state index is 12.1. The van der Waals surface area contributed by atoms with Gasteiger partial charge in [0.1, 0.15) is 24.7 Å². The third-order valence-electron chi connectivity index (χ3n) is 5.05. The summed E-state index contributed by atoms with van der Waals surface area (Å²) in [5, 5.41) is 4.07. The van der Waals surface area contributed by atoms with Crippen LogP contribution in [0.5, 0.6) is 11.5 Å². The number of hydrogen-bond donors (Lipinski definition) is 1. The molecule has 0 radical (unpaired) electrons. The minimum atomic E-state index is -0.271. The Labute approximate surface area is 197 Å². The number of halogens is 1. The molecule has 0 saturated carbocycles. The first-order valence-electron chi connectivity index (χ1n) is 10.6. The molecule has 0 spiro atoms. The third-order valence-corrected chi connectivity index (χ3v) is 5.54. The quantitative estimate of drug-likeness (QED) is 0.208. The van der Waals surface area contributed by atoms with Gasteiger partial charge >= 0.3 is 0 Å². The normalized spacial score (nSPS) is 11.8. The van der Waals surface area contributed by atoms with Gasteiger partial charge in [-0.15, -0.1) is 0 Å². The fourth-order valence-electron chi connectivity index (χ4n) is 3.01. The van der Waals surface area contributed by atoms with E-state index in [1.165, 1.54) is 5.56 Å². The molecule has 0 unspecified atom stereocenters. The van der Waals surface area contributed by atoms with Crippen LogP contribution in [0.1, 0.15) is 47.7 Å². The zero-order valence-corrected chi connectivity index (χ0v) is 19.8. The summed E-state index contributed by atoms with van der Waals surface area (Å²) in [5.74, 6) is 1.75. The largest absolute Gasteiger partial charge is 0.490 e. The lowest BCUT2D eigenvalue weighted by molar-refractivity contribution is 0.0955. The first-order valence-corrected chi connectivity index (χ1v) is 11.4. The molecule has 3 aromatic carbocycles. The van der Waals surface area contributed by atoms with E-state index in [-0.39, 0.29) is 5.91 Å². The maximum Gasteiger partial charge on any atom is 0.271 e. The van der Waals surface area contributed by atoms with Crippen LogP contribution >= 0.6 is 15.9 Å². The van der Waals surface area contributed by atoms with E-state index < -0.39 is 0 Å². The fourth-order valence-corrected chi connectivity index (χ4v) is 3.38. The lowest BCUT2D eigenvalue weighted by Gasteiger charge is -2.12. The minimum Gasteiger partial charge on any atom is -0.490 e. The number of rotatable bonds is 10. The first-order chi connectivity index (χ1) is 15.6. The molecule has 1 amide bonds. The van der Waals surface area contributed by atoms with Gasteiger partial charge in [0.15, 0.2) is 0 Å². The molecule has 0 aliphatic heterocycles. The summed E-state index contributed by atoms with van der Waals surface area (Å²) in [5.41, 5.74) is 5.14. The zero-order valence-electron chi connectivity index (χ0n) is 18.3. The van der Waals surface area contributed by atoms with Crippen LogP contribution < -0.4 is 14.9 Å². The molecule has 0 fully saturated rings. The van der Waals surface area contributed by atoms with Crippen molar-refractivity contribution in [1.29, 1.82) is 0 Å². The Morgan fingerprint density at radius 2 is 1.75 bits per heavy atom. The second-order valence-electron chi connectivity index (χ2n) is 7.32. The molecule has 32 heavy (non-hydrogen) atoms. The molecule has 0 aliphatic rings. The van der Waals surface area contributed by atoms with Crippen LogP contribution in [0.25, 0.3) is 0 Å². The molecule has 3 aromatic rings. The van der Waals surface area contributed by atoms with Crippen molar-refractivity contribution < 1.29 is 14.3 Å². The Morgan fingerprint density at radius 3 is 2.47 bits per heavy atom. The van der Waals surface area contributed by atoms with Gasteiger partial charge in [-0.3, -0.25) is 4.79 Å². The molecular formula is C26H27BrN2O3. The van der Waals surface area contributed by atoms with E-state index in [0.717, 1.165) is 22.2 Å². The standard InChI is InChI=1S/C26H27BrN2O3/c1-3-19(2)20-9-12-24(13-10-20)31-15-16-32-25-14-11-23(27)17-22(25)18-28-29-26(30)21-7-5-4-6-8-21/h4-14,17-19H,3,15-16H2,1-2H3,(H,29,30)/b28-18-/t19-/m0/s1. The van der Waals surface area contributed by atoms with Gasteiger partial charge in [-0.25, -0.2) is 5.43 Å². The van der Waals surface area contributed by atoms with Crippen molar-refractivity contribution in [3.8, 4) is 11.5 Å². The summed E-state index contributed by atoms with van der Waals surface area (Å²) in [7, 11) is 0. The number of nitrogens with zero attached hydrogens (tertiary/aromatic N) is 1. The van der Waals surface area contributed by atoms with Crippen LogP contribution in [-0.4, -0.2) is 25.3 Å². The van der Waals surface area contributed by atoms with E-state index in [0.29, 0.717) is 30.4 Å². The minimum absolute atomic E-state index is 0.271. The number of carbonyl (C=O) groups excluding carboxylic acids is 1. The summed E-state index contributed by atoms with van der Waals surface area (Å²) in [6.07, 6.45) is 2.68. The number of amides is 1. The number of nitrogens with one attached hydrogen (secondary N) is 1. The molecule has 166 valence electrons.